The first-order valence-corrected chi connectivity index (χ1v) is 9.13. The maximum absolute atomic E-state index is 12.7. The molecule has 7 heteroatoms. The molecule has 1 unspecified atom stereocenters. The van der Waals surface area contributed by atoms with E-state index in [1.54, 1.807) is 25.3 Å². The number of benzene rings is 1. The molecular formula is C19H24N2O5. The van der Waals surface area contributed by atoms with E-state index >= 15 is 0 Å². The Balaban J connectivity index is 1.42. The third-order valence-corrected chi connectivity index (χ3v) is 5.68. The molecule has 2 fully saturated rings. The van der Waals surface area contributed by atoms with Crippen molar-refractivity contribution in [2.24, 2.45) is 0 Å². The Hall–Kier alpha value is -2.12. The molecular weight excluding hydrogens is 336 g/mol. The quantitative estimate of drug-likeness (QED) is 0.834. The van der Waals surface area contributed by atoms with Gasteiger partial charge in [0.05, 0.1) is 17.2 Å². The Kier molecular flexibility index (Phi) is 4.58. The molecule has 1 aromatic carbocycles. The third kappa shape index (κ3) is 3.17. The van der Waals surface area contributed by atoms with Gasteiger partial charge in [-0.3, -0.25) is 9.36 Å². The van der Waals surface area contributed by atoms with E-state index < -0.39 is 5.76 Å². The molecule has 2 aliphatic heterocycles. The second-order valence-electron chi connectivity index (χ2n) is 7.18. The molecule has 3 heterocycles. The molecule has 0 radical (unpaired) electrons. The summed E-state index contributed by atoms with van der Waals surface area (Å²) in [6, 6.07) is 7.16. The van der Waals surface area contributed by atoms with Crippen molar-refractivity contribution in [3.63, 3.8) is 0 Å². The highest BCUT2D eigenvalue weighted by Crippen LogP contribution is 2.36. The number of methoxy groups -OCH3 is 1. The van der Waals surface area contributed by atoms with Crippen LogP contribution in [-0.4, -0.2) is 53.9 Å². The van der Waals surface area contributed by atoms with E-state index in [1.807, 2.05) is 11.0 Å². The number of nitrogens with zero attached hydrogens (tertiary/aromatic N) is 2. The topological polar surface area (TPSA) is 73.9 Å². The Morgan fingerprint density at radius 2 is 2.08 bits per heavy atom. The van der Waals surface area contributed by atoms with Gasteiger partial charge in [-0.2, -0.15) is 0 Å². The molecule has 2 aliphatic rings. The zero-order chi connectivity index (χ0) is 18.1. The molecule has 140 valence electrons. The summed E-state index contributed by atoms with van der Waals surface area (Å²) in [5.41, 5.74) is 0.983. The van der Waals surface area contributed by atoms with Crippen LogP contribution in [0.25, 0.3) is 11.1 Å². The van der Waals surface area contributed by atoms with E-state index in [9.17, 15) is 9.59 Å². The highest BCUT2D eigenvalue weighted by atomic mass is 16.5. The van der Waals surface area contributed by atoms with Crippen LogP contribution in [0.1, 0.15) is 25.7 Å². The number of carbonyl (C=O) groups is 1. The van der Waals surface area contributed by atoms with Gasteiger partial charge in [0.25, 0.3) is 0 Å². The largest absolute Gasteiger partial charge is 0.420 e. The molecule has 26 heavy (non-hydrogen) atoms. The molecule has 1 spiro atoms. The SMILES string of the molecule is COC1CCOC2(CCN(C(=O)Cn3c(=O)oc4ccccc43)CC2)C1. The minimum atomic E-state index is -0.494. The van der Waals surface area contributed by atoms with E-state index in [0.29, 0.717) is 30.8 Å². The summed E-state index contributed by atoms with van der Waals surface area (Å²) in [6.45, 7) is 1.99. The smallest absolute Gasteiger partial charge is 0.408 e. The lowest BCUT2D eigenvalue weighted by molar-refractivity contribution is -0.157. The van der Waals surface area contributed by atoms with Crippen molar-refractivity contribution in [2.45, 2.75) is 43.9 Å². The number of likely N-dealkylation sites (tertiary alicyclic amines) is 1. The van der Waals surface area contributed by atoms with E-state index in [1.165, 1.54) is 4.57 Å². The molecule has 1 amide bonds. The summed E-state index contributed by atoms with van der Waals surface area (Å²) >= 11 is 0. The lowest BCUT2D eigenvalue weighted by Gasteiger charge is -2.45. The van der Waals surface area contributed by atoms with Crippen LogP contribution in [0.2, 0.25) is 0 Å². The molecule has 0 bridgehead atoms. The van der Waals surface area contributed by atoms with Gasteiger partial charge in [-0.1, -0.05) is 12.1 Å². The van der Waals surface area contributed by atoms with E-state index in [4.69, 9.17) is 13.9 Å². The predicted octanol–water partition coefficient (Wildman–Crippen LogP) is 1.78. The maximum atomic E-state index is 12.7. The van der Waals surface area contributed by atoms with Gasteiger partial charge in [-0.15, -0.1) is 0 Å². The van der Waals surface area contributed by atoms with Gasteiger partial charge >= 0.3 is 5.76 Å². The molecule has 4 rings (SSSR count). The zero-order valence-electron chi connectivity index (χ0n) is 15.0. The summed E-state index contributed by atoms with van der Waals surface area (Å²) in [7, 11) is 1.75. The predicted molar refractivity (Wildman–Crippen MR) is 95.0 cm³/mol. The first-order valence-electron chi connectivity index (χ1n) is 9.13. The number of para-hydroxylation sites is 2. The molecule has 0 saturated carbocycles. The van der Waals surface area contributed by atoms with Crippen molar-refractivity contribution in [2.75, 3.05) is 26.8 Å². The Labute approximate surface area is 151 Å². The van der Waals surface area contributed by atoms with E-state index in [0.717, 1.165) is 25.7 Å². The number of fused-ring (bicyclic) bond motifs is 1. The van der Waals surface area contributed by atoms with Crippen molar-refractivity contribution in [1.29, 1.82) is 0 Å². The normalized spacial score (nSPS) is 22.8. The fraction of sp³-hybridized carbons (Fsp3) is 0.579. The van der Waals surface area contributed by atoms with E-state index in [2.05, 4.69) is 0 Å². The van der Waals surface area contributed by atoms with Crippen molar-refractivity contribution < 1.29 is 18.7 Å². The third-order valence-electron chi connectivity index (χ3n) is 5.68. The number of ether oxygens (including phenoxy) is 2. The fourth-order valence-electron chi connectivity index (χ4n) is 4.10. The van der Waals surface area contributed by atoms with Crippen LogP contribution in [0, 0.1) is 0 Å². The minimum absolute atomic E-state index is 0.00437. The van der Waals surface area contributed by atoms with Crippen LogP contribution < -0.4 is 5.76 Å². The van der Waals surface area contributed by atoms with Gasteiger partial charge in [-0.25, -0.2) is 4.79 Å². The molecule has 2 saturated heterocycles. The average molecular weight is 360 g/mol. The molecule has 0 N–H and O–H groups in total. The lowest BCUT2D eigenvalue weighted by atomic mass is 9.83. The van der Waals surface area contributed by atoms with Crippen LogP contribution >= 0.6 is 0 Å². The van der Waals surface area contributed by atoms with Gasteiger partial charge in [0, 0.05) is 33.2 Å². The lowest BCUT2D eigenvalue weighted by Crippen LogP contribution is -2.52. The first kappa shape index (κ1) is 17.3. The number of piperidine rings is 1. The van der Waals surface area contributed by atoms with Crippen LogP contribution in [0.15, 0.2) is 33.5 Å². The summed E-state index contributed by atoms with van der Waals surface area (Å²) in [4.78, 5) is 26.6. The summed E-state index contributed by atoms with van der Waals surface area (Å²) in [6.07, 6.45) is 3.66. The fourth-order valence-corrected chi connectivity index (χ4v) is 4.10. The number of oxazole rings is 1. The van der Waals surface area contributed by atoms with Crippen molar-refractivity contribution in [1.82, 2.24) is 9.47 Å². The van der Waals surface area contributed by atoms with Gasteiger partial charge in [0.2, 0.25) is 5.91 Å². The Morgan fingerprint density at radius 3 is 2.85 bits per heavy atom. The van der Waals surface area contributed by atoms with Crippen LogP contribution in [0.3, 0.4) is 0 Å². The molecule has 7 nitrogen and oxygen atoms in total. The number of hydrogen-bond acceptors (Lipinski definition) is 5. The highest BCUT2D eigenvalue weighted by Gasteiger charge is 2.41. The van der Waals surface area contributed by atoms with Crippen molar-refractivity contribution >= 4 is 17.0 Å². The number of aromatic nitrogens is 1. The van der Waals surface area contributed by atoms with Gasteiger partial charge in [0.1, 0.15) is 6.54 Å². The summed E-state index contributed by atoms with van der Waals surface area (Å²) in [5, 5.41) is 0. The van der Waals surface area contributed by atoms with Gasteiger partial charge < -0.3 is 18.8 Å². The van der Waals surface area contributed by atoms with Gasteiger partial charge in [0.15, 0.2) is 5.58 Å². The van der Waals surface area contributed by atoms with Crippen LogP contribution in [0.5, 0.6) is 0 Å². The monoisotopic (exact) mass is 360 g/mol. The number of hydrogen-bond donors (Lipinski definition) is 0. The maximum Gasteiger partial charge on any atom is 0.420 e. The zero-order valence-corrected chi connectivity index (χ0v) is 15.0. The first-order chi connectivity index (χ1) is 12.6. The highest BCUT2D eigenvalue weighted by molar-refractivity contribution is 5.79. The Bertz CT molecular complexity index is 847. The second kappa shape index (κ2) is 6.89. The number of rotatable bonds is 3. The van der Waals surface area contributed by atoms with E-state index in [-0.39, 0.29) is 24.2 Å². The molecule has 1 aromatic heterocycles. The average Bonchev–Trinajstić information content (AvgIpc) is 2.98. The standard InChI is InChI=1S/C19H24N2O5/c1-24-14-6-11-25-19(12-14)7-9-20(10-8-19)17(22)13-21-15-4-2-3-5-16(15)26-18(21)23/h2-5,14H,6-13H2,1H3. The van der Waals surface area contributed by atoms with Gasteiger partial charge in [-0.05, 0) is 31.4 Å². The van der Waals surface area contributed by atoms with Crippen LogP contribution in [-0.2, 0) is 20.8 Å². The summed E-state index contributed by atoms with van der Waals surface area (Å²) in [5.74, 6) is -0.556. The summed E-state index contributed by atoms with van der Waals surface area (Å²) < 4.78 is 18.2. The Morgan fingerprint density at radius 1 is 1.31 bits per heavy atom. The van der Waals surface area contributed by atoms with Crippen molar-refractivity contribution in [3.05, 3.63) is 34.8 Å². The molecule has 0 aliphatic carbocycles. The van der Waals surface area contributed by atoms with Crippen molar-refractivity contribution in [3.8, 4) is 0 Å². The number of amides is 1. The number of carbonyl (C=O) groups excluding carboxylic acids is 1. The minimum Gasteiger partial charge on any atom is -0.408 e. The molecule has 1 atom stereocenters. The second-order valence-corrected chi connectivity index (χ2v) is 7.18. The van der Waals surface area contributed by atoms with Crippen LogP contribution in [0.4, 0.5) is 0 Å². The molecule has 2 aromatic rings.